The predicted octanol–water partition coefficient (Wildman–Crippen LogP) is 3.28. The first-order valence-electron chi connectivity index (χ1n) is 8.08. The zero-order chi connectivity index (χ0) is 14.5. The van der Waals surface area contributed by atoms with E-state index in [0.29, 0.717) is 0 Å². The number of aliphatic imine (C=N–C) groups is 2. The third kappa shape index (κ3) is 3.43. The Morgan fingerprint density at radius 1 is 1.05 bits per heavy atom. The highest BCUT2D eigenvalue weighted by Crippen LogP contribution is 2.18. The molecule has 1 aromatic rings. The van der Waals surface area contributed by atoms with Crippen LogP contribution in [0.4, 0.5) is 5.69 Å². The van der Waals surface area contributed by atoms with E-state index in [2.05, 4.69) is 16.7 Å². The highest BCUT2D eigenvalue weighted by molar-refractivity contribution is 5.97. The molecular weight excluding hydrogens is 260 g/mol. The van der Waals surface area contributed by atoms with Gasteiger partial charge in [-0.25, -0.2) is 4.99 Å². The van der Waals surface area contributed by atoms with Gasteiger partial charge in [-0.05, 0) is 38.3 Å². The molecule has 0 aromatic heterocycles. The van der Waals surface area contributed by atoms with Crippen LogP contribution in [0.5, 0.6) is 0 Å². The monoisotopic (exact) mass is 284 g/mol. The zero-order valence-corrected chi connectivity index (χ0v) is 12.8. The topological polar surface area (TPSA) is 31.2 Å². The lowest BCUT2D eigenvalue weighted by molar-refractivity contribution is 0.475. The molecule has 0 aliphatic carbocycles. The van der Waals surface area contributed by atoms with Crippen LogP contribution in [0.3, 0.4) is 0 Å². The minimum absolute atomic E-state index is 0.897. The van der Waals surface area contributed by atoms with Crippen LogP contribution in [0.2, 0.25) is 0 Å². The van der Waals surface area contributed by atoms with E-state index in [1.54, 1.807) is 0 Å². The van der Waals surface area contributed by atoms with E-state index in [9.17, 15) is 0 Å². The van der Waals surface area contributed by atoms with E-state index < -0.39 is 0 Å². The number of rotatable bonds is 2. The number of nitrogens with zero attached hydrogens (tertiary/aromatic N) is 4. The largest absolute Gasteiger partial charge is 0.360 e. The average molecular weight is 284 g/mol. The van der Waals surface area contributed by atoms with Gasteiger partial charge in [0, 0.05) is 32.6 Å². The van der Waals surface area contributed by atoms with Crippen molar-refractivity contribution < 1.29 is 0 Å². The smallest absolute Gasteiger partial charge is 0.227 e. The maximum absolute atomic E-state index is 4.92. The number of benzene rings is 1. The van der Waals surface area contributed by atoms with Crippen molar-refractivity contribution in [2.75, 3.05) is 26.2 Å². The summed E-state index contributed by atoms with van der Waals surface area (Å²) in [6.45, 7) is 6.53. The number of guanidine groups is 1. The minimum atomic E-state index is 0.897. The number of hydrogen-bond acceptors (Lipinski definition) is 1. The summed E-state index contributed by atoms with van der Waals surface area (Å²) in [5.74, 6) is 2.10. The van der Waals surface area contributed by atoms with E-state index in [0.717, 1.165) is 44.2 Å². The fourth-order valence-corrected chi connectivity index (χ4v) is 3.00. The molecule has 0 unspecified atom stereocenters. The summed E-state index contributed by atoms with van der Waals surface area (Å²) in [6, 6.07) is 10.2. The Balaban J connectivity index is 1.89. The lowest BCUT2D eigenvalue weighted by Gasteiger charge is -2.20. The predicted molar refractivity (Wildman–Crippen MR) is 88.3 cm³/mol. The first kappa shape index (κ1) is 14.1. The Morgan fingerprint density at radius 2 is 1.81 bits per heavy atom. The summed E-state index contributed by atoms with van der Waals surface area (Å²) < 4.78 is 0. The van der Waals surface area contributed by atoms with Crippen LogP contribution in [-0.2, 0) is 0 Å². The van der Waals surface area contributed by atoms with Gasteiger partial charge in [-0.3, -0.25) is 0 Å². The second kappa shape index (κ2) is 6.74. The SMILES string of the molecule is CCN1CCC/C1=N/C(=N/c1ccccc1)N1CCCC1. The van der Waals surface area contributed by atoms with Gasteiger partial charge in [-0.15, -0.1) is 0 Å². The van der Waals surface area contributed by atoms with Crippen molar-refractivity contribution in [1.29, 1.82) is 0 Å². The van der Waals surface area contributed by atoms with Crippen LogP contribution in [0, 0.1) is 0 Å². The fraction of sp³-hybridized carbons (Fsp3) is 0.529. The third-order valence-electron chi connectivity index (χ3n) is 4.18. The van der Waals surface area contributed by atoms with E-state index in [1.165, 1.54) is 25.1 Å². The Kier molecular flexibility index (Phi) is 4.53. The standard InChI is InChI=1S/C17H24N4/c1-2-20-14-8-11-16(20)19-17(21-12-6-7-13-21)18-15-9-4-3-5-10-15/h3-5,9-10H,2,6-8,11-14H2,1H3/b18-17-,19-16-. The molecule has 3 rings (SSSR count). The van der Waals surface area contributed by atoms with Gasteiger partial charge in [0.05, 0.1) is 5.69 Å². The molecule has 4 heteroatoms. The van der Waals surface area contributed by atoms with Gasteiger partial charge in [0.15, 0.2) is 0 Å². The maximum atomic E-state index is 4.92. The van der Waals surface area contributed by atoms with E-state index in [1.807, 2.05) is 30.3 Å². The summed E-state index contributed by atoms with van der Waals surface area (Å²) in [6.07, 6.45) is 4.78. The van der Waals surface area contributed by atoms with Crippen LogP contribution in [0.1, 0.15) is 32.6 Å². The van der Waals surface area contributed by atoms with Crippen molar-refractivity contribution in [1.82, 2.24) is 9.80 Å². The second-order valence-electron chi connectivity index (χ2n) is 5.65. The van der Waals surface area contributed by atoms with Crippen molar-refractivity contribution in [3.8, 4) is 0 Å². The van der Waals surface area contributed by atoms with Gasteiger partial charge in [0.2, 0.25) is 5.96 Å². The number of para-hydroxylation sites is 1. The molecule has 2 fully saturated rings. The first-order valence-corrected chi connectivity index (χ1v) is 8.08. The molecule has 2 heterocycles. The van der Waals surface area contributed by atoms with E-state index in [4.69, 9.17) is 9.98 Å². The molecule has 0 radical (unpaired) electrons. The van der Waals surface area contributed by atoms with Gasteiger partial charge in [-0.1, -0.05) is 18.2 Å². The van der Waals surface area contributed by atoms with Crippen LogP contribution in [-0.4, -0.2) is 47.8 Å². The molecule has 0 atom stereocenters. The van der Waals surface area contributed by atoms with Crippen molar-refractivity contribution in [3.05, 3.63) is 30.3 Å². The van der Waals surface area contributed by atoms with Crippen molar-refractivity contribution in [2.45, 2.75) is 32.6 Å². The Labute approximate surface area is 127 Å². The van der Waals surface area contributed by atoms with E-state index in [-0.39, 0.29) is 0 Å². The van der Waals surface area contributed by atoms with Crippen molar-refractivity contribution in [3.63, 3.8) is 0 Å². The Hall–Kier alpha value is -1.84. The highest BCUT2D eigenvalue weighted by Gasteiger charge is 2.21. The molecular formula is C17H24N4. The number of amidine groups is 1. The molecule has 0 N–H and O–H groups in total. The van der Waals surface area contributed by atoms with Crippen molar-refractivity contribution >= 4 is 17.5 Å². The molecule has 0 spiro atoms. The Bertz CT molecular complexity index is 515. The molecule has 4 nitrogen and oxygen atoms in total. The summed E-state index contributed by atoms with van der Waals surface area (Å²) in [7, 11) is 0. The maximum Gasteiger partial charge on any atom is 0.227 e. The van der Waals surface area contributed by atoms with Crippen LogP contribution in [0.25, 0.3) is 0 Å². The number of hydrogen-bond donors (Lipinski definition) is 0. The Morgan fingerprint density at radius 3 is 2.52 bits per heavy atom. The van der Waals surface area contributed by atoms with Gasteiger partial charge >= 0.3 is 0 Å². The van der Waals surface area contributed by atoms with Crippen molar-refractivity contribution in [2.24, 2.45) is 9.98 Å². The molecule has 21 heavy (non-hydrogen) atoms. The molecule has 0 bridgehead atoms. The molecule has 2 aliphatic rings. The third-order valence-corrected chi connectivity index (χ3v) is 4.18. The van der Waals surface area contributed by atoms with Crippen LogP contribution < -0.4 is 0 Å². The summed E-state index contributed by atoms with van der Waals surface area (Å²) in [5.41, 5.74) is 0.991. The van der Waals surface area contributed by atoms with E-state index >= 15 is 0 Å². The quantitative estimate of drug-likeness (QED) is 0.616. The first-order chi connectivity index (χ1) is 10.4. The zero-order valence-electron chi connectivity index (χ0n) is 12.8. The summed E-state index contributed by atoms with van der Waals surface area (Å²) >= 11 is 0. The lowest BCUT2D eigenvalue weighted by atomic mass is 10.3. The normalized spacial score (nSPS) is 21.6. The summed E-state index contributed by atoms with van der Waals surface area (Å²) in [4.78, 5) is 14.4. The van der Waals surface area contributed by atoms with Gasteiger partial charge in [0.25, 0.3) is 0 Å². The van der Waals surface area contributed by atoms with Gasteiger partial charge < -0.3 is 9.80 Å². The minimum Gasteiger partial charge on any atom is -0.360 e. The fourth-order valence-electron chi connectivity index (χ4n) is 3.00. The van der Waals surface area contributed by atoms with Crippen LogP contribution in [0.15, 0.2) is 40.3 Å². The highest BCUT2D eigenvalue weighted by atomic mass is 15.3. The molecule has 112 valence electrons. The lowest BCUT2D eigenvalue weighted by Crippen LogP contribution is -2.30. The molecule has 0 amide bonds. The van der Waals surface area contributed by atoms with Gasteiger partial charge in [-0.2, -0.15) is 4.99 Å². The second-order valence-corrected chi connectivity index (χ2v) is 5.65. The summed E-state index contributed by atoms with van der Waals surface area (Å²) in [5, 5.41) is 0. The van der Waals surface area contributed by atoms with Gasteiger partial charge in [0.1, 0.15) is 5.84 Å². The molecule has 2 aliphatic heterocycles. The average Bonchev–Trinajstić information content (AvgIpc) is 3.19. The molecule has 0 saturated carbocycles. The number of likely N-dealkylation sites (tertiary alicyclic amines) is 2. The molecule has 1 aromatic carbocycles. The van der Waals surface area contributed by atoms with Crippen LogP contribution >= 0.6 is 0 Å². The molecule has 2 saturated heterocycles.